The number of ether oxygens (including phenoxy) is 3. The Morgan fingerprint density at radius 2 is 1.71 bits per heavy atom. The SMILES string of the molecule is COc1ccc(COc2nc(N3CCC(C)(NC(=O)OC(C)(C)C)CC3)c(C(C)=O)nc2-c2cccc(Cl)c2Cl)cc1. The highest BCUT2D eigenvalue weighted by atomic mass is 35.5. The summed E-state index contributed by atoms with van der Waals surface area (Å²) in [5.74, 6) is 1.11. The average Bonchev–Trinajstić information content (AvgIpc) is 2.92. The smallest absolute Gasteiger partial charge is 0.408 e. The fourth-order valence-electron chi connectivity index (χ4n) is 4.59. The van der Waals surface area contributed by atoms with Crippen LogP contribution in [0, 0.1) is 0 Å². The second kappa shape index (κ2) is 12.8. The summed E-state index contributed by atoms with van der Waals surface area (Å²) in [5.41, 5.74) is 0.830. The molecule has 42 heavy (non-hydrogen) atoms. The maximum absolute atomic E-state index is 12.9. The van der Waals surface area contributed by atoms with Crippen LogP contribution in [0.1, 0.15) is 63.5 Å². The number of anilines is 1. The quantitative estimate of drug-likeness (QED) is 0.267. The van der Waals surface area contributed by atoms with Crippen molar-refractivity contribution < 1.29 is 23.8 Å². The van der Waals surface area contributed by atoms with E-state index in [0.717, 1.165) is 11.3 Å². The van der Waals surface area contributed by atoms with E-state index in [-0.39, 0.29) is 29.0 Å². The number of hydrogen-bond donors (Lipinski definition) is 1. The van der Waals surface area contributed by atoms with Crippen LogP contribution in [0.5, 0.6) is 11.6 Å². The molecule has 0 bridgehead atoms. The molecule has 1 fully saturated rings. The van der Waals surface area contributed by atoms with Crippen LogP contribution in [-0.4, -0.2) is 53.2 Å². The topological polar surface area (TPSA) is 103 Å². The number of nitrogens with one attached hydrogen (secondary N) is 1. The maximum atomic E-state index is 12.9. The van der Waals surface area contributed by atoms with Crippen LogP contribution in [0.15, 0.2) is 42.5 Å². The Morgan fingerprint density at radius 1 is 1.05 bits per heavy atom. The predicted molar refractivity (Wildman–Crippen MR) is 164 cm³/mol. The number of ketones is 1. The minimum atomic E-state index is -0.594. The molecule has 0 spiro atoms. The summed E-state index contributed by atoms with van der Waals surface area (Å²) in [6.45, 7) is 10.2. The van der Waals surface area contributed by atoms with E-state index in [2.05, 4.69) is 5.32 Å². The summed E-state index contributed by atoms with van der Waals surface area (Å²) < 4.78 is 16.9. The minimum absolute atomic E-state index is 0.195. The molecule has 0 aliphatic carbocycles. The monoisotopic (exact) mass is 614 g/mol. The lowest BCUT2D eigenvalue weighted by Crippen LogP contribution is -2.54. The van der Waals surface area contributed by atoms with Crippen LogP contribution < -0.4 is 19.7 Å². The van der Waals surface area contributed by atoms with Gasteiger partial charge in [-0.2, -0.15) is 4.98 Å². The molecule has 0 radical (unpaired) electrons. The molecule has 2 aromatic carbocycles. The van der Waals surface area contributed by atoms with Crippen LogP contribution >= 0.6 is 23.2 Å². The number of Topliss-reactive ketones (excluding diaryl/α,β-unsaturated/α-hetero) is 1. The summed E-state index contributed by atoms with van der Waals surface area (Å²) in [6, 6.07) is 12.7. The zero-order valence-electron chi connectivity index (χ0n) is 24.7. The number of rotatable bonds is 8. The second-order valence-electron chi connectivity index (χ2n) is 11.5. The van der Waals surface area contributed by atoms with Crippen molar-refractivity contribution in [3.63, 3.8) is 0 Å². The molecule has 224 valence electrons. The lowest BCUT2D eigenvalue weighted by molar-refractivity contribution is 0.0448. The predicted octanol–water partition coefficient (Wildman–Crippen LogP) is 7.12. The molecule has 3 aromatic rings. The third kappa shape index (κ3) is 7.63. The Balaban J connectivity index is 1.67. The largest absolute Gasteiger partial charge is 0.497 e. The molecule has 0 saturated carbocycles. The number of carbonyl (C=O) groups is 2. The highest BCUT2D eigenvalue weighted by Crippen LogP contribution is 2.39. The van der Waals surface area contributed by atoms with Gasteiger partial charge < -0.3 is 24.4 Å². The van der Waals surface area contributed by atoms with Crippen molar-refractivity contribution in [2.45, 2.75) is 65.2 Å². The van der Waals surface area contributed by atoms with Gasteiger partial charge in [0.2, 0.25) is 5.88 Å². The van der Waals surface area contributed by atoms with Crippen molar-refractivity contribution in [1.29, 1.82) is 0 Å². The molecule has 1 aliphatic rings. The highest BCUT2D eigenvalue weighted by Gasteiger charge is 2.35. The molecular formula is C31H36Cl2N4O5. The van der Waals surface area contributed by atoms with E-state index < -0.39 is 17.2 Å². The van der Waals surface area contributed by atoms with Crippen LogP contribution in [0.25, 0.3) is 11.3 Å². The van der Waals surface area contributed by atoms with Crippen LogP contribution in [0.3, 0.4) is 0 Å². The van der Waals surface area contributed by atoms with Gasteiger partial charge in [0.05, 0.1) is 17.2 Å². The fraction of sp³-hybridized carbons (Fsp3) is 0.419. The fourth-order valence-corrected chi connectivity index (χ4v) is 4.98. The first-order chi connectivity index (χ1) is 19.8. The molecule has 9 nitrogen and oxygen atoms in total. The van der Waals surface area contributed by atoms with Gasteiger partial charge >= 0.3 is 6.09 Å². The van der Waals surface area contributed by atoms with Crippen LogP contribution in [0.4, 0.5) is 10.6 Å². The van der Waals surface area contributed by atoms with E-state index in [9.17, 15) is 9.59 Å². The van der Waals surface area contributed by atoms with Gasteiger partial charge in [0, 0.05) is 31.1 Å². The lowest BCUT2D eigenvalue weighted by Gasteiger charge is -2.40. The van der Waals surface area contributed by atoms with E-state index in [1.54, 1.807) is 25.3 Å². The number of aromatic nitrogens is 2. The first-order valence-electron chi connectivity index (χ1n) is 13.7. The van der Waals surface area contributed by atoms with E-state index in [1.165, 1.54) is 6.92 Å². The Morgan fingerprint density at radius 3 is 2.31 bits per heavy atom. The lowest BCUT2D eigenvalue weighted by atomic mass is 9.89. The van der Waals surface area contributed by atoms with Crippen molar-refractivity contribution in [3.8, 4) is 22.9 Å². The maximum Gasteiger partial charge on any atom is 0.408 e. The molecule has 1 N–H and O–H groups in total. The zero-order valence-corrected chi connectivity index (χ0v) is 26.2. The molecular weight excluding hydrogens is 579 g/mol. The van der Waals surface area contributed by atoms with Crippen LogP contribution in [-0.2, 0) is 11.3 Å². The van der Waals surface area contributed by atoms with Gasteiger partial charge in [-0.1, -0.05) is 47.5 Å². The number of nitrogens with zero attached hydrogens (tertiary/aromatic N) is 3. The summed E-state index contributed by atoms with van der Waals surface area (Å²) in [6.07, 6.45) is 0.754. The number of alkyl carbamates (subject to hydrolysis) is 1. The molecule has 0 unspecified atom stereocenters. The van der Waals surface area contributed by atoms with Gasteiger partial charge in [-0.05, 0) is 64.3 Å². The van der Waals surface area contributed by atoms with Gasteiger partial charge in [-0.3, -0.25) is 4.79 Å². The molecule has 0 atom stereocenters. The zero-order chi connectivity index (χ0) is 30.7. The Bertz CT molecular complexity index is 1450. The molecule has 1 saturated heterocycles. The number of piperidine rings is 1. The third-order valence-electron chi connectivity index (χ3n) is 6.89. The standard InChI is InChI=1S/C31H36Cl2N4O5/c1-19(38)25-27(37-16-14-31(5,15-17-37)36-29(39)42-30(2,3)4)35-28(41-18-20-10-12-21(40-6)13-11-20)26(34-25)22-8-7-9-23(32)24(22)33/h7-13H,14-18H2,1-6H3,(H,36,39). The summed E-state index contributed by atoms with van der Waals surface area (Å²) >= 11 is 12.9. The van der Waals surface area contributed by atoms with Gasteiger partial charge in [-0.25, -0.2) is 9.78 Å². The van der Waals surface area contributed by atoms with Crippen molar-refractivity contribution in [2.24, 2.45) is 0 Å². The summed E-state index contributed by atoms with van der Waals surface area (Å²) in [4.78, 5) is 36.9. The Labute approximate surface area is 256 Å². The minimum Gasteiger partial charge on any atom is -0.497 e. The Hall–Kier alpha value is -3.56. The summed E-state index contributed by atoms with van der Waals surface area (Å²) in [5, 5.41) is 3.64. The summed E-state index contributed by atoms with van der Waals surface area (Å²) in [7, 11) is 1.61. The number of halogens is 2. The number of carbonyl (C=O) groups excluding carboxylic acids is 2. The van der Waals surface area contributed by atoms with E-state index in [1.807, 2.05) is 56.9 Å². The van der Waals surface area contributed by atoms with Gasteiger partial charge in [0.25, 0.3) is 0 Å². The molecule has 1 aromatic heterocycles. The van der Waals surface area contributed by atoms with E-state index in [0.29, 0.717) is 48.0 Å². The number of amides is 1. The van der Waals surface area contributed by atoms with Crippen molar-refractivity contribution in [2.75, 3.05) is 25.1 Å². The number of methoxy groups -OCH3 is 1. The molecule has 4 rings (SSSR count). The molecule has 1 amide bonds. The highest BCUT2D eigenvalue weighted by molar-refractivity contribution is 6.43. The first kappa shape index (κ1) is 31.4. The third-order valence-corrected chi connectivity index (χ3v) is 7.71. The Kier molecular flexibility index (Phi) is 9.53. The van der Waals surface area contributed by atoms with Crippen molar-refractivity contribution in [3.05, 3.63) is 63.8 Å². The van der Waals surface area contributed by atoms with Crippen LogP contribution in [0.2, 0.25) is 10.0 Å². The molecule has 1 aliphatic heterocycles. The number of benzene rings is 2. The first-order valence-corrected chi connectivity index (χ1v) is 14.4. The van der Waals surface area contributed by atoms with E-state index in [4.69, 9.17) is 47.4 Å². The van der Waals surface area contributed by atoms with Crippen molar-refractivity contribution in [1.82, 2.24) is 15.3 Å². The average molecular weight is 616 g/mol. The van der Waals surface area contributed by atoms with Gasteiger partial charge in [-0.15, -0.1) is 0 Å². The second-order valence-corrected chi connectivity index (χ2v) is 12.3. The number of hydrogen-bond acceptors (Lipinski definition) is 8. The normalized spacial score (nSPS) is 14.7. The van der Waals surface area contributed by atoms with Gasteiger partial charge in [0.15, 0.2) is 11.6 Å². The van der Waals surface area contributed by atoms with E-state index >= 15 is 0 Å². The molecule has 11 heteroatoms. The van der Waals surface area contributed by atoms with Gasteiger partial charge in [0.1, 0.15) is 29.3 Å². The molecule has 2 heterocycles. The van der Waals surface area contributed by atoms with Crippen molar-refractivity contribution >= 4 is 40.9 Å².